The van der Waals surface area contributed by atoms with Crippen molar-refractivity contribution in [1.29, 1.82) is 0 Å². The Hall–Kier alpha value is -3.55. The Labute approximate surface area is 180 Å². The first-order chi connectivity index (χ1) is 14.9. The van der Waals surface area contributed by atoms with Crippen molar-refractivity contribution in [1.82, 2.24) is 10.2 Å². The zero-order valence-electron chi connectivity index (χ0n) is 17.6. The number of benzene rings is 2. The standard InChI is InChI=1S/C23H24N2O6/c1-13-4-6-14(7-5-13)12-24-21(27)16-9-11-18(26)25(16)22-15-8-10-17(29-2)20(30-3)19(15)23(28)31-22/h4-8,10,16,22H,9,11-12H2,1-3H3,(H,24,27)/t16-,22-/m1/s1. The third-order valence-electron chi connectivity index (χ3n) is 5.66. The Morgan fingerprint density at radius 3 is 2.55 bits per heavy atom. The Bertz CT molecular complexity index is 1030. The van der Waals surface area contributed by atoms with E-state index in [1.54, 1.807) is 12.1 Å². The SMILES string of the molecule is COc1ccc2c(c1OC)C(=O)O[C@H]2N1C(=O)CC[C@@H]1C(=O)NCc1ccc(C)cc1. The molecule has 0 saturated carbocycles. The number of carbonyl (C=O) groups excluding carboxylic acids is 3. The zero-order chi connectivity index (χ0) is 22.1. The van der Waals surface area contributed by atoms with Gasteiger partial charge in [0.05, 0.1) is 14.2 Å². The third kappa shape index (κ3) is 3.69. The Kier molecular flexibility index (Phi) is 5.54. The molecule has 8 nitrogen and oxygen atoms in total. The van der Waals surface area contributed by atoms with Crippen molar-refractivity contribution in [3.05, 3.63) is 58.7 Å². The number of hydrogen-bond donors (Lipinski definition) is 1. The summed E-state index contributed by atoms with van der Waals surface area (Å²) >= 11 is 0. The van der Waals surface area contributed by atoms with E-state index < -0.39 is 18.2 Å². The molecule has 0 aliphatic carbocycles. The molecule has 8 heteroatoms. The minimum absolute atomic E-state index is 0.208. The van der Waals surface area contributed by atoms with E-state index in [2.05, 4.69) is 5.32 Å². The molecule has 2 atom stereocenters. The first kappa shape index (κ1) is 20.7. The maximum absolute atomic E-state index is 12.9. The minimum Gasteiger partial charge on any atom is -0.493 e. The highest BCUT2D eigenvalue weighted by Crippen LogP contribution is 2.45. The summed E-state index contributed by atoms with van der Waals surface area (Å²) in [6.45, 7) is 2.35. The summed E-state index contributed by atoms with van der Waals surface area (Å²) < 4.78 is 16.1. The summed E-state index contributed by atoms with van der Waals surface area (Å²) in [5.41, 5.74) is 2.79. The summed E-state index contributed by atoms with van der Waals surface area (Å²) in [7, 11) is 2.90. The van der Waals surface area contributed by atoms with Gasteiger partial charge in [0, 0.05) is 18.5 Å². The molecule has 2 aliphatic heterocycles. The first-order valence-corrected chi connectivity index (χ1v) is 10.0. The number of likely N-dealkylation sites (tertiary alicyclic amines) is 1. The topological polar surface area (TPSA) is 94.2 Å². The number of fused-ring (bicyclic) bond motifs is 1. The fourth-order valence-corrected chi connectivity index (χ4v) is 4.06. The van der Waals surface area contributed by atoms with Gasteiger partial charge in [-0.2, -0.15) is 0 Å². The molecule has 2 aromatic carbocycles. The molecule has 162 valence electrons. The molecular formula is C23H24N2O6. The molecule has 2 amide bonds. The van der Waals surface area contributed by atoms with E-state index in [0.29, 0.717) is 24.3 Å². The second-order valence-corrected chi connectivity index (χ2v) is 7.58. The normalized spacial score (nSPS) is 19.8. The predicted molar refractivity (Wildman–Crippen MR) is 111 cm³/mol. The van der Waals surface area contributed by atoms with Crippen LogP contribution in [0.5, 0.6) is 11.5 Å². The van der Waals surface area contributed by atoms with E-state index in [4.69, 9.17) is 14.2 Å². The molecule has 1 N–H and O–H groups in total. The van der Waals surface area contributed by atoms with E-state index >= 15 is 0 Å². The minimum atomic E-state index is -0.979. The van der Waals surface area contributed by atoms with Crippen LogP contribution < -0.4 is 14.8 Å². The highest BCUT2D eigenvalue weighted by atomic mass is 16.6. The number of amides is 2. The van der Waals surface area contributed by atoms with Gasteiger partial charge in [-0.15, -0.1) is 0 Å². The largest absolute Gasteiger partial charge is 0.493 e. The van der Waals surface area contributed by atoms with Gasteiger partial charge < -0.3 is 19.5 Å². The lowest BCUT2D eigenvalue weighted by atomic mass is 10.0. The van der Waals surface area contributed by atoms with Gasteiger partial charge in [-0.25, -0.2) is 4.79 Å². The van der Waals surface area contributed by atoms with Crippen LogP contribution in [0, 0.1) is 6.92 Å². The first-order valence-electron chi connectivity index (χ1n) is 10.0. The van der Waals surface area contributed by atoms with Gasteiger partial charge in [0.1, 0.15) is 11.6 Å². The van der Waals surface area contributed by atoms with Gasteiger partial charge in [-0.3, -0.25) is 14.5 Å². The quantitative estimate of drug-likeness (QED) is 0.716. The van der Waals surface area contributed by atoms with Crippen molar-refractivity contribution in [2.75, 3.05) is 14.2 Å². The fourth-order valence-electron chi connectivity index (χ4n) is 4.06. The third-order valence-corrected chi connectivity index (χ3v) is 5.66. The summed E-state index contributed by atoms with van der Waals surface area (Å²) in [5, 5.41) is 2.89. The van der Waals surface area contributed by atoms with Crippen molar-refractivity contribution < 1.29 is 28.6 Å². The molecule has 2 heterocycles. The number of ether oxygens (including phenoxy) is 3. The molecule has 4 rings (SSSR count). The molecule has 0 radical (unpaired) electrons. The second kappa shape index (κ2) is 8.29. The molecule has 0 bridgehead atoms. The number of nitrogens with zero attached hydrogens (tertiary/aromatic N) is 1. The van der Waals surface area contributed by atoms with E-state index in [1.165, 1.54) is 19.1 Å². The second-order valence-electron chi connectivity index (χ2n) is 7.58. The molecule has 0 aromatic heterocycles. The average Bonchev–Trinajstić information content (AvgIpc) is 3.32. The van der Waals surface area contributed by atoms with Crippen molar-refractivity contribution in [2.24, 2.45) is 0 Å². The summed E-state index contributed by atoms with van der Waals surface area (Å²) in [5.74, 6) is -0.500. The number of methoxy groups -OCH3 is 2. The van der Waals surface area contributed by atoms with Crippen LogP contribution in [0.3, 0.4) is 0 Å². The van der Waals surface area contributed by atoms with Gasteiger partial charge in [0.2, 0.25) is 18.0 Å². The summed E-state index contributed by atoms with van der Waals surface area (Å²) in [4.78, 5) is 39.6. The Balaban J connectivity index is 1.57. The predicted octanol–water partition coefficient (Wildman–Crippen LogP) is 2.49. The summed E-state index contributed by atoms with van der Waals surface area (Å²) in [6, 6.07) is 10.4. The maximum Gasteiger partial charge on any atom is 0.344 e. The summed E-state index contributed by atoms with van der Waals surface area (Å²) in [6.07, 6.45) is -0.415. The number of nitrogens with one attached hydrogen (secondary N) is 1. The van der Waals surface area contributed by atoms with Gasteiger partial charge in [-0.05, 0) is 31.0 Å². The van der Waals surface area contributed by atoms with Gasteiger partial charge in [0.15, 0.2) is 11.5 Å². The maximum atomic E-state index is 12.9. The van der Waals surface area contributed by atoms with Crippen LogP contribution >= 0.6 is 0 Å². The van der Waals surface area contributed by atoms with Crippen LogP contribution in [0.15, 0.2) is 36.4 Å². The number of rotatable bonds is 6. The smallest absolute Gasteiger partial charge is 0.344 e. The van der Waals surface area contributed by atoms with Crippen molar-refractivity contribution in [2.45, 2.75) is 38.6 Å². The van der Waals surface area contributed by atoms with Crippen LogP contribution in [0.2, 0.25) is 0 Å². The van der Waals surface area contributed by atoms with E-state index in [-0.39, 0.29) is 29.5 Å². The molecule has 0 unspecified atom stereocenters. The van der Waals surface area contributed by atoms with Crippen LogP contribution in [-0.4, -0.2) is 42.9 Å². The van der Waals surface area contributed by atoms with Crippen LogP contribution in [-0.2, 0) is 20.9 Å². The molecule has 0 spiro atoms. The lowest BCUT2D eigenvalue weighted by Crippen LogP contribution is -2.46. The van der Waals surface area contributed by atoms with E-state index in [9.17, 15) is 14.4 Å². The zero-order valence-corrected chi connectivity index (χ0v) is 17.6. The van der Waals surface area contributed by atoms with Crippen LogP contribution in [0.4, 0.5) is 0 Å². The molecule has 2 aromatic rings. The van der Waals surface area contributed by atoms with Crippen molar-refractivity contribution >= 4 is 17.8 Å². The van der Waals surface area contributed by atoms with Crippen LogP contribution in [0.25, 0.3) is 0 Å². The lowest BCUT2D eigenvalue weighted by molar-refractivity contribution is -0.145. The molecule has 2 aliphatic rings. The number of aryl methyl sites for hydroxylation is 1. The van der Waals surface area contributed by atoms with Crippen molar-refractivity contribution in [3.8, 4) is 11.5 Å². The van der Waals surface area contributed by atoms with E-state index in [0.717, 1.165) is 11.1 Å². The highest BCUT2D eigenvalue weighted by Gasteiger charge is 2.47. The van der Waals surface area contributed by atoms with E-state index in [1.807, 2.05) is 31.2 Å². The molecule has 31 heavy (non-hydrogen) atoms. The number of cyclic esters (lactones) is 1. The van der Waals surface area contributed by atoms with Crippen molar-refractivity contribution in [3.63, 3.8) is 0 Å². The lowest BCUT2D eigenvalue weighted by Gasteiger charge is -2.29. The van der Waals surface area contributed by atoms with Crippen LogP contribution in [0.1, 0.15) is 46.1 Å². The Morgan fingerprint density at radius 1 is 1.13 bits per heavy atom. The van der Waals surface area contributed by atoms with Gasteiger partial charge >= 0.3 is 5.97 Å². The fraction of sp³-hybridized carbons (Fsp3) is 0.348. The van der Waals surface area contributed by atoms with Gasteiger partial charge in [0.25, 0.3) is 0 Å². The number of carbonyl (C=O) groups is 3. The van der Waals surface area contributed by atoms with Gasteiger partial charge in [-0.1, -0.05) is 29.8 Å². The number of hydrogen-bond acceptors (Lipinski definition) is 6. The number of esters is 1. The molecular weight excluding hydrogens is 400 g/mol. The average molecular weight is 424 g/mol. The monoisotopic (exact) mass is 424 g/mol. The molecule has 1 saturated heterocycles. The molecule has 1 fully saturated rings. The highest BCUT2D eigenvalue weighted by molar-refractivity contribution is 5.99. The Morgan fingerprint density at radius 2 is 1.87 bits per heavy atom.